The zero-order valence-corrected chi connectivity index (χ0v) is 13.7. The van der Waals surface area contributed by atoms with Gasteiger partial charge in [-0.1, -0.05) is 26.8 Å². The predicted molar refractivity (Wildman–Crippen MR) is 84.5 cm³/mol. The van der Waals surface area contributed by atoms with Gasteiger partial charge in [0.15, 0.2) is 0 Å². The second-order valence-electron chi connectivity index (χ2n) is 6.30. The van der Waals surface area contributed by atoms with Gasteiger partial charge in [0.1, 0.15) is 0 Å². The molecule has 0 bridgehead atoms. The average molecular weight is 284 g/mol. The van der Waals surface area contributed by atoms with Crippen LogP contribution in [0.4, 0.5) is 0 Å². The number of ether oxygens (including phenoxy) is 1. The molecule has 1 amide bonds. The van der Waals surface area contributed by atoms with Gasteiger partial charge in [0.2, 0.25) is 5.91 Å². The second-order valence-corrected chi connectivity index (χ2v) is 6.30. The van der Waals surface area contributed by atoms with Crippen molar-refractivity contribution < 1.29 is 9.53 Å². The third-order valence-corrected chi connectivity index (χ3v) is 3.71. The lowest BCUT2D eigenvalue weighted by molar-refractivity contribution is -0.131. The van der Waals surface area contributed by atoms with E-state index in [1.807, 2.05) is 0 Å². The molecule has 0 aromatic carbocycles. The van der Waals surface area contributed by atoms with Crippen LogP contribution in [0.1, 0.15) is 40.0 Å². The fourth-order valence-electron chi connectivity index (χ4n) is 2.34. The van der Waals surface area contributed by atoms with Gasteiger partial charge in [0.05, 0.1) is 6.61 Å². The zero-order valence-electron chi connectivity index (χ0n) is 13.7. The van der Waals surface area contributed by atoms with Crippen molar-refractivity contribution in [3.63, 3.8) is 0 Å². The number of carbonyl (C=O) groups excluding carboxylic acids is 1. The van der Waals surface area contributed by atoms with Crippen molar-refractivity contribution in [2.24, 2.45) is 17.1 Å². The number of nitrogens with zero attached hydrogens (tertiary/aromatic N) is 1. The van der Waals surface area contributed by atoms with Gasteiger partial charge in [-0.05, 0) is 30.7 Å². The van der Waals surface area contributed by atoms with Crippen LogP contribution >= 0.6 is 0 Å². The maximum Gasteiger partial charge on any atom is 0.222 e. The molecule has 0 saturated carbocycles. The van der Waals surface area contributed by atoms with Gasteiger partial charge in [-0.15, -0.1) is 6.58 Å². The maximum atomic E-state index is 12.3. The first-order valence-electron chi connectivity index (χ1n) is 7.44. The van der Waals surface area contributed by atoms with Crippen LogP contribution in [-0.4, -0.2) is 44.2 Å². The Hall–Kier alpha value is -0.870. The van der Waals surface area contributed by atoms with Crippen molar-refractivity contribution in [3.05, 3.63) is 12.7 Å². The summed E-state index contributed by atoms with van der Waals surface area (Å²) in [5, 5.41) is 0. The van der Waals surface area contributed by atoms with E-state index in [9.17, 15) is 4.79 Å². The smallest absolute Gasteiger partial charge is 0.222 e. The fourth-order valence-corrected chi connectivity index (χ4v) is 2.34. The van der Waals surface area contributed by atoms with E-state index < -0.39 is 0 Å². The lowest BCUT2D eigenvalue weighted by Crippen LogP contribution is -2.35. The summed E-state index contributed by atoms with van der Waals surface area (Å²) in [5.41, 5.74) is 5.87. The molecule has 0 heterocycles. The minimum absolute atomic E-state index is 0.174. The Kier molecular flexibility index (Phi) is 9.51. The van der Waals surface area contributed by atoms with Crippen molar-refractivity contribution in [2.45, 2.75) is 40.0 Å². The van der Waals surface area contributed by atoms with Gasteiger partial charge in [-0.2, -0.15) is 0 Å². The highest BCUT2D eigenvalue weighted by Crippen LogP contribution is 2.32. The molecule has 2 N–H and O–H groups in total. The quantitative estimate of drug-likeness (QED) is 0.627. The van der Waals surface area contributed by atoms with Crippen molar-refractivity contribution in [3.8, 4) is 0 Å². The highest BCUT2D eigenvalue weighted by Gasteiger charge is 2.25. The van der Waals surface area contributed by atoms with Crippen LogP contribution in [0.25, 0.3) is 0 Å². The Balaban J connectivity index is 4.42. The molecule has 0 aromatic rings. The molecule has 4 heteroatoms. The zero-order chi connectivity index (χ0) is 15.6. The van der Waals surface area contributed by atoms with E-state index in [0.29, 0.717) is 38.6 Å². The summed E-state index contributed by atoms with van der Waals surface area (Å²) in [6.45, 7) is 12.8. The first kappa shape index (κ1) is 19.1. The van der Waals surface area contributed by atoms with Gasteiger partial charge >= 0.3 is 0 Å². The van der Waals surface area contributed by atoms with Gasteiger partial charge in [0, 0.05) is 26.6 Å². The molecule has 0 aliphatic carbocycles. The summed E-state index contributed by atoms with van der Waals surface area (Å²) in [6, 6.07) is 0. The van der Waals surface area contributed by atoms with Crippen LogP contribution in [-0.2, 0) is 9.53 Å². The van der Waals surface area contributed by atoms with Crippen molar-refractivity contribution in [1.29, 1.82) is 0 Å². The molecule has 118 valence electrons. The molecule has 1 unspecified atom stereocenters. The monoisotopic (exact) mass is 284 g/mol. The highest BCUT2D eigenvalue weighted by molar-refractivity contribution is 5.76. The normalized spacial score (nSPS) is 13.1. The molecule has 0 spiro atoms. The SMILES string of the molecule is C=CCN(CCOC)C(=O)CCC(CCN)C(C)(C)C. The number of hydrogen-bond acceptors (Lipinski definition) is 3. The Labute approximate surface area is 124 Å². The van der Waals surface area contributed by atoms with Crippen molar-refractivity contribution >= 4 is 5.91 Å². The molecular formula is C16H32N2O2. The van der Waals surface area contributed by atoms with Crippen LogP contribution in [0.2, 0.25) is 0 Å². The van der Waals surface area contributed by atoms with Crippen LogP contribution < -0.4 is 5.73 Å². The molecule has 0 aromatic heterocycles. The van der Waals surface area contributed by atoms with E-state index >= 15 is 0 Å². The number of nitrogens with two attached hydrogens (primary N) is 1. The van der Waals surface area contributed by atoms with Crippen LogP contribution in [0, 0.1) is 11.3 Å². The summed E-state index contributed by atoms with van der Waals surface area (Å²) in [4.78, 5) is 14.1. The first-order valence-corrected chi connectivity index (χ1v) is 7.44. The molecule has 0 fully saturated rings. The van der Waals surface area contributed by atoms with E-state index in [4.69, 9.17) is 10.5 Å². The summed E-state index contributed by atoms with van der Waals surface area (Å²) in [5.74, 6) is 0.651. The van der Waals surface area contributed by atoms with E-state index in [1.54, 1.807) is 18.1 Å². The molecule has 0 rings (SSSR count). The molecule has 0 saturated heterocycles. The standard InChI is InChI=1S/C16H32N2O2/c1-6-11-18(12-13-20-5)15(19)8-7-14(9-10-17)16(2,3)4/h6,14H,1,7-13,17H2,2-5H3. The predicted octanol–water partition coefficient (Wildman–Crippen LogP) is 2.44. The molecule has 1 atom stereocenters. The van der Waals surface area contributed by atoms with Gasteiger partial charge < -0.3 is 15.4 Å². The highest BCUT2D eigenvalue weighted by atomic mass is 16.5. The van der Waals surface area contributed by atoms with E-state index in [-0.39, 0.29) is 11.3 Å². The summed E-state index contributed by atoms with van der Waals surface area (Å²) in [6.07, 6.45) is 4.19. The van der Waals surface area contributed by atoms with Crippen LogP contribution in [0.3, 0.4) is 0 Å². The first-order chi connectivity index (χ1) is 9.36. The summed E-state index contributed by atoms with van der Waals surface area (Å²) in [7, 11) is 1.65. The van der Waals surface area contributed by atoms with E-state index in [0.717, 1.165) is 12.8 Å². The average Bonchev–Trinajstić information content (AvgIpc) is 2.37. The lowest BCUT2D eigenvalue weighted by atomic mass is 9.76. The number of amides is 1. The van der Waals surface area contributed by atoms with Crippen molar-refractivity contribution in [1.82, 2.24) is 4.90 Å². The topological polar surface area (TPSA) is 55.6 Å². The molecule has 20 heavy (non-hydrogen) atoms. The molecule has 4 nitrogen and oxygen atoms in total. The molecule has 0 aliphatic heterocycles. The summed E-state index contributed by atoms with van der Waals surface area (Å²) < 4.78 is 5.04. The fraction of sp³-hybridized carbons (Fsp3) is 0.812. The van der Waals surface area contributed by atoms with E-state index in [1.165, 1.54) is 0 Å². The Morgan fingerprint density at radius 1 is 1.40 bits per heavy atom. The molecule has 0 aliphatic rings. The van der Waals surface area contributed by atoms with Crippen molar-refractivity contribution in [2.75, 3.05) is 33.4 Å². The minimum atomic E-state index is 0.174. The third-order valence-electron chi connectivity index (χ3n) is 3.71. The van der Waals surface area contributed by atoms with Gasteiger partial charge in [-0.25, -0.2) is 0 Å². The third kappa shape index (κ3) is 7.65. The number of rotatable bonds is 10. The van der Waals surface area contributed by atoms with Gasteiger partial charge in [-0.3, -0.25) is 4.79 Å². The maximum absolute atomic E-state index is 12.3. The molecule has 0 radical (unpaired) electrons. The molecular weight excluding hydrogens is 252 g/mol. The van der Waals surface area contributed by atoms with E-state index in [2.05, 4.69) is 27.4 Å². The Morgan fingerprint density at radius 3 is 2.50 bits per heavy atom. The van der Waals surface area contributed by atoms with Gasteiger partial charge in [0.25, 0.3) is 0 Å². The Bertz CT molecular complexity index is 285. The number of carbonyl (C=O) groups is 1. The summed E-state index contributed by atoms with van der Waals surface area (Å²) >= 11 is 0. The van der Waals surface area contributed by atoms with Crippen LogP contribution in [0.5, 0.6) is 0 Å². The minimum Gasteiger partial charge on any atom is -0.383 e. The largest absolute Gasteiger partial charge is 0.383 e. The Morgan fingerprint density at radius 2 is 2.05 bits per heavy atom. The number of methoxy groups -OCH3 is 1. The second kappa shape index (κ2) is 9.94. The lowest BCUT2D eigenvalue weighted by Gasteiger charge is -2.31. The van der Waals surface area contributed by atoms with Crippen LogP contribution in [0.15, 0.2) is 12.7 Å². The number of hydrogen-bond donors (Lipinski definition) is 1.